The van der Waals surface area contributed by atoms with Crippen LogP contribution in [0.3, 0.4) is 0 Å². The molecular formula is C9H12N3O3S+. The van der Waals surface area contributed by atoms with Gasteiger partial charge in [0.25, 0.3) is 5.03 Å². The number of nitrogens with zero attached hydrogens (tertiary/aromatic N) is 1. The van der Waals surface area contributed by atoms with E-state index >= 15 is 0 Å². The molecule has 5 N–H and O–H groups in total. The first-order valence-corrected chi connectivity index (χ1v) is 5.28. The van der Waals surface area contributed by atoms with Crippen LogP contribution in [0.15, 0.2) is 23.4 Å². The molecule has 0 aliphatic heterocycles. The molecular weight excluding hydrogens is 230 g/mol. The zero-order valence-corrected chi connectivity index (χ0v) is 9.20. The van der Waals surface area contributed by atoms with Crippen LogP contribution in [-0.4, -0.2) is 21.5 Å². The summed E-state index contributed by atoms with van der Waals surface area (Å²) in [6.07, 6.45) is 1.77. The number of aliphatic carboxylic acids is 1. The summed E-state index contributed by atoms with van der Waals surface area (Å²) in [5.74, 6) is -0.883. The minimum Gasteiger partial charge on any atom is -0.481 e. The van der Waals surface area contributed by atoms with Gasteiger partial charge in [-0.1, -0.05) is 0 Å². The first-order valence-electron chi connectivity index (χ1n) is 4.46. The van der Waals surface area contributed by atoms with Gasteiger partial charge in [0.15, 0.2) is 5.17 Å². The molecule has 0 saturated heterocycles. The molecule has 0 aliphatic rings. The molecule has 0 aromatic carbocycles. The average molecular weight is 242 g/mol. The van der Waals surface area contributed by atoms with E-state index in [-0.39, 0.29) is 11.6 Å². The number of aryl methyl sites for hydroxylation is 1. The number of hydrogen-bond acceptors (Lipinski definition) is 4. The fourth-order valence-electron chi connectivity index (χ4n) is 1.11. The third kappa shape index (κ3) is 3.77. The molecule has 6 nitrogen and oxygen atoms in total. The second-order valence-electron chi connectivity index (χ2n) is 3.08. The maximum absolute atomic E-state index is 10.4. The van der Waals surface area contributed by atoms with Gasteiger partial charge in [-0.05, 0) is 12.5 Å². The highest BCUT2D eigenvalue weighted by molar-refractivity contribution is 8.13. The first kappa shape index (κ1) is 12.3. The summed E-state index contributed by atoms with van der Waals surface area (Å²) in [4.78, 5) is 10.4. The zero-order chi connectivity index (χ0) is 12.1. The molecule has 1 aromatic heterocycles. The van der Waals surface area contributed by atoms with Crippen LogP contribution < -0.4 is 10.5 Å². The summed E-state index contributed by atoms with van der Waals surface area (Å²) in [6, 6.07) is 3.28. The molecule has 1 aromatic rings. The lowest BCUT2D eigenvalue weighted by Gasteiger charge is -1.98. The topological polar surface area (TPSA) is 111 Å². The Hall–Kier alpha value is -1.76. The number of nitrogens with two attached hydrogens (primary N) is 1. The van der Waals surface area contributed by atoms with Crippen LogP contribution in [0.25, 0.3) is 0 Å². The Kier molecular flexibility index (Phi) is 4.12. The molecule has 0 spiro atoms. The number of rotatable bonds is 4. The molecule has 16 heavy (non-hydrogen) atoms. The van der Waals surface area contributed by atoms with Crippen molar-refractivity contribution in [2.24, 2.45) is 5.73 Å². The maximum atomic E-state index is 10.4. The third-order valence-corrected chi connectivity index (χ3v) is 2.55. The molecule has 1 heterocycles. The van der Waals surface area contributed by atoms with E-state index < -0.39 is 5.97 Å². The van der Waals surface area contributed by atoms with Crippen molar-refractivity contribution < 1.29 is 19.8 Å². The summed E-state index contributed by atoms with van der Waals surface area (Å²) in [5.41, 5.74) is 5.88. The molecule has 0 aliphatic carbocycles. The van der Waals surface area contributed by atoms with E-state index in [1.165, 1.54) is 6.20 Å². The van der Waals surface area contributed by atoms with Gasteiger partial charge < -0.3 is 10.8 Å². The van der Waals surface area contributed by atoms with Crippen molar-refractivity contribution in [2.75, 3.05) is 0 Å². The lowest BCUT2D eigenvalue weighted by molar-refractivity contribution is -0.932. The van der Waals surface area contributed by atoms with Crippen LogP contribution in [0.4, 0.5) is 0 Å². The van der Waals surface area contributed by atoms with Gasteiger partial charge in [-0.15, -0.1) is 0 Å². The summed E-state index contributed by atoms with van der Waals surface area (Å²) in [7, 11) is 0. The van der Waals surface area contributed by atoms with E-state index in [2.05, 4.69) is 0 Å². The Morgan fingerprint density at radius 2 is 2.25 bits per heavy atom. The Labute approximate surface area is 96.2 Å². The highest BCUT2D eigenvalue weighted by Crippen LogP contribution is 2.12. The fraction of sp³-hybridized carbons (Fsp3) is 0.222. The van der Waals surface area contributed by atoms with Gasteiger partial charge in [-0.3, -0.25) is 15.4 Å². The van der Waals surface area contributed by atoms with Crippen molar-refractivity contribution >= 4 is 22.9 Å². The van der Waals surface area contributed by atoms with E-state index in [0.717, 1.165) is 16.5 Å². The molecule has 0 atom stereocenters. The van der Waals surface area contributed by atoms with Gasteiger partial charge in [0.2, 0.25) is 6.20 Å². The summed E-state index contributed by atoms with van der Waals surface area (Å²) in [5, 5.41) is 25.3. The molecule has 7 heteroatoms. The molecule has 86 valence electrons. The van der Waals surface area contributed by atoms with Crippen LogP contribution in [0, 0.1) is 5.41 Å². The number of amidine groups is 1. The number of carbonyl (C=O) groups is 1. The molecule has 0 fully saturated rings. The van der Waals surface area contributed by atoms with Crippen molar-refractivity contribution in [1.29, 1.82) is 5.41 Å². The van der Waals surface area contributed by atoms with Crippen molar-refractivity contribution in [2.45, 2.75) is 17.9 Å². The minimum absolute atomic E-state index is 0.0131. The van der Waals surface area contributed by atoms with Gasteiger partial charge in [0.05, 0.1) is 0 Å². The summed E-state index contributed by atoms with van der Waals surface area (Å²) in [6.45, 7) is 0. The minimum atomic E-state index is -0.883. The zero-order valence-electron chi connectivity index (χ0n) is 8.38. The lowest BCUT2D eigenvalue weighted by atomic mass is 10.2. The third-order valence-electron chi connectivity index (χ3n) is 1.80. The predicted octanol–water partition coefficient (Wildman–Crippen LogP) is 0.214. The van der Waals surface area contributed by atoms with Crippen molar-refractivity contribution in [3.63, 3.8) is 0 Å². The number of pyridine rings is 1. The van der Waals surface area contributed by atoms with Crippen LogP contribution >= 0.6 is 11.8 Å². The standard InChI is InChI=1S/C9H11N3O3S/c10-9(11)16-7-3-1-6(5-12(7)15)2-4-8(13)14/h1,3,5H,2,4H2,(H4-,10,11,13,14,15)/p+1. The first-order chi connectivity index (χ1) is 7.49. The number of hydrogen-bond donors (Lipinski definition) is 4. The highest BCUT2D eigenvalue weighted by Gasteiger charge is 2.13. The van der Waals surface area contributed by atoms with Crippen LogP contribution in [0.5, 0.6) is 0 Å². The Morgan fingerprint density at radius 1 is 1.56 bits per heavy atom. The maximum Gasteiger partial charge on any atom is 0.303 e. The van der Waals surface area contributed by atoms with E-state index in [4.69, 9.17) is 16.2 Å². The highest BCUT2D eigenvalue weighted by atomic mass is 32.2. The smallest absolute Gasteiger partial charge is 0.303 e. The van der Waals surface area contributed by atoms with E-state index in [0.29, 0.717) is 17.0 Å². The molecule has 0 saturated carbocycles. The van der Waals surface area contributed by atoms with Gasteiger partial charge in [0.1, 0.15) is 0 Å². The monoisotopic (exact) mass is 242 g/mol. The number of nitrogens with one attached hydrogen (secondary N) is 1. The van der Waals surface area contributed by atoms with Crippen LogP contribution in [-0.2, 0) is 11.2 Å². The Bertz CT molecular complexity index is 422. The molecule has 1 rings (SSSR count). The fourth-order valence-corrected chi connectivity index (χ4v) is 1.62. The number of carboxylic acids is 1. The van der Waals surface area contributed by atoms with Crippen LogP contribution in [0.2, 0.25) is 0 Å². The summed E-state index contributed by atoms with van der Waals surface area (Å²) < 4.78 is 0.837. The quantitative estimate of drug-likeness (QED) is 0.198. The second-order valence-corrected chi connectivity index (χ2v) is 4.14. The van der Waals surface area contributed by atoms with Gasteiger partial charge >= 0.3 is 5.97 Å². The molecule has 0 bridgehead atoms. The number of carboxylic acid groups (broad SMARTS) is 1. The largest absolute Gasteiger partial charge is 0.481 e. The van der Waals surface area contributed by atoms with E-state index in [9.17, 15) is 10.0 Å². The van der Waals surface area contributed by atoms with Crippen molar-refractivity contribution in [3.05, 3.63) is 23.9 Å². The molecule has 0 amide bonds. The number of aromatic nitrogens is 1. The lowest BCUT2D eigenvalue weighted by Crippen LogP contribution is -2.33. The van der Waals surface area contributed by atoms with Gasteiger partial charge in [-0.2, -0.15) is 0 Å². The predicted molar refractivity (Wildman–Crippen MR) is 57.5 cm³/mol. The second kappa shape index (κ2) is 5.36. The normalized spacial score (nSPS) is 10.0. The van der Waals surface area contributed by atoms with Gasteiger partial charge in [-0.25, -0.2) is 0 Å². The Balaban J connectivity index is 2.74. The van der Waals surface area contributed by atoms with Gasteiger partial charge in [0, 0.05) is 34.5 Å². The SMILES string of the molecule is N=C(N)Sc1ccc(CCC(=O)O)c[n+]1O. The summed E-state index contributed by atoms with van der Waals surface area (Å²) >= 11 is 0.916. The van der Waals surface area contributed by atoms with E-state index in [1.54, 1.807) is 12.1 Å². The van der Waals surface area contributed by atoms with Crippen LogP contribution in [0.1, 0.15) is 12.0 Å². The molecule has 0 unspecified atom stereocenters. The van der Waals surface area contributed by atoms with Crippen molar-refractivity contribution in [3.8, 4) is 0 Å². The Morgan fingerprint density at radius 3 is 2.75 bits per heavy atom. The number of thioether (sulfide) groups is 1. The van der Waals surface area contributed by atoms with Crippen molar-refractivity contribution in [1.82, 2.24) is 0 Å². The molecule has 0 radical (unpaired) electrons. The average Bonchev–Trinajstić information content (AvgIpc) is 2.18. The van der Waals surface area contributed by atoms with E-state index in [1.807, 2.05) is 0 Å².